The first-order valence-electron chi connectivity index (χ1n) is 7.66. The van der Waals surface area contributed by atoms with Crippen molar-refractivity contribution in [2.45, 2.75) is 18.3 Å². The summed E-state index contributed by atoms with van der Waals surface area (Å²) in [4.78, 5) is 10.9. The molecular formula is C18H8Cl3F7O2. The van der Waals surface area contributed by atoms with Gasteiger partial charge in [0.15, 0.2) is 0 Å². The van der Waals surface area contributed by atoms with Crippen molar-refractivity contribution in [1.82, 2.24) is 0 Å². The Morgan fingerprint density at radius 2 is 1.50 bits per heavy atom. The third-order valence-electron chi connectivity index (χ3n) is 3.86. The number of hydrogen-bond acceptors (Lipinski definition) is 1. The van der Waals surface area contributed by atoms with Gasteiger partial charge in [-0.3, -0.25) is 0 Å². The second kappa shape index (κ2) is 8.64. The monoisotopic (exact) mass is 494 g/mol. The van der Waals surface area contributed by atoms with Crippen molar-refractivity contribution in [3.8, 4) is 0 Å². The molecule has 0 fully saturated rings. The summed E-state index contributed by atoms with van der Waals surface area (Å²) in [5.41, 5.74) is -4.39. The third-order valence-corrected chi connectivity index (χ3v) is 5.06. The van der Waals surface area contributed by atoms with Crippen molar-refractivity contribution >= 4 is 46.6 Å². The largest absolute Gasteiger partial charge is 0.478 e. The van der Waals surface area contributed by atoms with Crippen molar-refractivity contribution < 1.29 is 40.6 Å². The molecule has 0 aliphatic carbocycles. The third kappa shape index (κ3) is 5.39. The van der Waals surface area contributed by atoms with Crippen molar-refractivity contribution in [3.05, 3.63) is 73.7 Å². The van der Waals surface area contributed by atoms with Crippen LogP contribution in [0.3, 0.4) is 0 Å². The molecule has 0 heterocycles. The fourth-order valence-electron chi connectivity index (χ4n) is 2.49. The molecule has 2 aromatic rings. The van der Waals surface area contributed by atoms with Crippen LogP contribution in [0.5, 0.6) is 0 Å². The summed E-state index contributed by atoms with van der Waals surface area (Å²) in [6.07, 6.45) is -10.2. The lowest BCUT2D eigenvalue weighted by molar-refractivity contribution is -0.140. The molecule has 0 saturated carbocycles. The number of alkyl halides is 6. The standard InChI is InChI=1S/C18H8Cl3F7O2/c19-12-4-8(5-13(20)15(12)21)10(17(23,24)25)6-14(22)7-1-2-9(16(29)30)11(3-7)18(26,27)28/h1-6,10H,(H,29,30)/b14-6-/t10-/m0/s1. The lowest BCUT2D eigenvalue weighted by Crippen LogP contribution is -2.19. The molecule has 2 nitrogen and oxygen atoms in total. The maximum atomic E-state index is 14.5. The first kappa shape index (κ1) is 24.3. The van der Waals surface area contributed by atoms with Crippen molar-refractivity contribution in [2.75, 3.05) is 0 Å². The van der Waals surface area contributed by atoms with Crippen LogP contribution in [-0.4, -0.2) is 17.3 Å². The van der Waals surface area contributed by atoms with E-state index in [4.69, 9.17) is 39.9 Å². The van der Waals surface area contributed by atoms with Crippen molar-refractivity contribution in [2.24, 2.45) is 0 Å². The number of rotatable bonds is 4. The molecule has 162 valence electrons. The Kier molecular flexibility index (Phi) is 7.00. The molecular weight excluding hydrogens is 488 g/mol. The van der Waals surface area contributed by atoms with Crippen LogP contribution in [0.4, 0.5) is 30.7 Å². The summed E-state index contributed by atoms with van der Waals surface area (Å²) in [5.74, 6) is -6.22. The Labute approximate surface area is 179 Å². The Bertz CT molecular complexity index is 991. The van der Waals surface area contributed by atoms with Crippen LogP contribution in [0.1, 0.15) is 33.0 Å². The molecule has 0 aromatic heterocycles. The molecule has 0 radical (unpaired) electrons. The number of hydrogen-bond donors (Lipinski definition) is 1. The van der Waals surface area contributed by atoms with Gasteiger partial charge in [-0.2, -0.15) is 26.3 Å². The minimum absolute atomic E-state index is 0.0336. The minimum atomic E-state index is -5.18. The molecule has 0 unspecified atom stereocenters. The van der Waals surface area contributed by atoms with Gasteiger partial charge in [0.2, 0.25) is 0 Å². The van der Waals surface area contributed by atoms with Crippen LogP contribution in [-0.2, 0) is 6.18 Å². The zero-order chi connectivity index (χ0) is 23.0. The predicted octanol–water partition coefficient (Wildman–Crippen LogP) is 8.02. The van der Waals surface area contributed by atoms with Gasteiger partial charge in [-0.05, 0) is 35.9 Å². The van der Waals surface area contributed by atoms with E-state index in [-0.39, 0.29) is 27.2 Å². The number of aromatic carboxylic acids is 1. The van der Waals surface area contributed by atoms with Crippen LogP contribution in [0.15, 0.2) is 36.4 Å². The Hall–Kier alpha value is -1.97. The van der Waals surface area contributed by atoms with Crippen LogP contribution in [0, 0.1) is 0 Å². The van der Waals surface area contributed by atoms with E-state index in [1.807, 2.05) is 0 Å². The molecule has 0 spiro atoms. The second-order valence-corrected chi connectivity index (χ2v) is 7.09. The highest BCUT2D eigenvalue weighted by Gasteiger charge is 2.41. The van der Waals surface area contributed by atoms with E-state index in [1.165, 1.54) is 0 Å². The van der Waals surface area contributed by atoms with Gasteiger partial charge in [0.1, 0.15) is 11.7 Å². The van der Waals surface area contributed by atoms with E-state index in [0.717, 1.165) is 12.1 Å². The first-order chi connectivity index (χ1) is 13.6. The molecule has 0 saturated heterocycles. The molecule has 0 aliphatic rings. The number of carboxylic acid groups (broad SMARTS) is 1. The van der Waals surface area contributed by atoms with Crippen LogP contribution < -0.4 is 0 Å². The highest BCUT2D eigenvalue weighted by molar-refractivity contribution is 6.48. The summed E-state index contributed by atoms with van der Waals surface area (Å²) < 4.78 is 94.2. The molecule has 0 bridgehead atoms. The highest BCUT2D eigenvalue weighted by Crippen LogP contribution is 2.42. The smallest absolute Gasteiger partial charge is 0.417 e. The van der Waals surface area contributed by atoms with E-state index in [9.17, 15) is 35.5 Å². The van der Waals surface area contributed by atoms with Gasteiger partial charge in [-0.1, -0.05) is 40.9 Å². The van der Waals surface area contributed by atoms with Crippen molar-refractivity contribution in [1.29, 1.82) is 0 Å². The first-order valence-corrected chi connectivity index (χ1v) is 8.79. The van der Waals surface area contributed by atoms with Gasteiger partial charge >= 0.3 is 18.3 Å². The average molecular weight is 496 g/mol. The van der Waals surface area contributed by atoms with Crippen molar-refractivity contribution in [3.63, 3.8) is 0 Å². The van der Waals surface area contributed by atoms with E-state index in [2.05, 4.69) is 0 Å². The lowest BCUT2D eigenvalue weighted by Gasteiger charge is -2.19. The Morgan fingerprint density at radius 3 is 1.93 bits per heavy atom. The number of halogens is 10. The SMILES string of the molecule is O=C(O)c1ccc(/C(F)=C/[C@@H](c2cc(Cl)c(Cl)c(Cl)c2)C(F)(F)F)cc1C(F)(F)F. The molecule has 1 N–H and O–H groups in total. The molecule has 1 atom stereocenters. The molecule has 0 aliphatic heterocycles. The van der Waals surface area contributed by atoms with Gasteiger partial charge in [0, 0.05) is 5.56 Å². The molecule has 2 aromatic carbocycles. The van der Waals surface area contributed by atoms with Gasteiger partial charge in [-0.15, -0.1) is 0 Å². The zero-order valence-electron chi connectivity index (χ0n) is 14.2. The van der Waals surface area contributed by atoms with Gasteiger partial charge in [0.25, 0.3) is 0 Å². The number of allylic oxidation sites excluding steroid dienone is 1. The average Bonchev–Trinajstić information content (AvgIpc) is 2.61. The summed E-state index contributed by atoms with van der Waals surface area (Å²) >= 11 is 17.1. The predicted molar refractivity (Wildman–Crippen MR) is 97.8 cm³/mol. The van der Waals surface area contributed by atoms with Gasteiger partial charge in [0.05, 0.1) is 26.2 Å². The maximum Gasteiger partial charge on any atom is 0.417 e. The number of carboxylic acids is 1. The van der Waals surface area contributed by atoms with Crippen LogP contribution in [0.25, 0.3) is 5.83 Å². The fraction of sp³-hybridized carbons (Fsp3) is 0.167. The minimum Gasteiger partial charge on any atom is -0.478 e. The summed E-state index contributed by atoms with van der Waals surface area (Å²) in [5, 5.41) is 7.93. The van der Waals surface area contributed by atoms with E-state index in [0.29, 0.717) is 12.1 Å². The van der Waals surface area contributed by atoms with E-state index in [1.54, 1.807) is 0 Å². The maximum absolute atomic E-state index is 14.5. The molecule has 2 rings (SSSR count). The molecule has 0 amide bonds. The van der Waals surface area contributed by atoms with E-state index >= 15 is 0 Å². The quantitative estimate of drug-likeness (QED) is 0.344. The highest BCUT2D eigenvalue weighted by atomic mass is 35.5. The fourth-order valence-corrected chi connectivity index (χ4v) is 3.10. The molecule has 12 heteroatoms. The molecule has 30 heavy (non-hydrogen) atoms. The second-order valence-electron chi connectivity index (χ2n) is 5.90. The normalized spacial score (nSPS) is 14.0. The Morgan fingerprint density at radius 1 is 0.967 bits per heavy atom. The summed E-state index contributed by atoms with van der Waals surface area (Å²) in [6.45, 7) is 0. The Balaban J connectivity index is 2.62. The van der Waals surface area contributed by atoms with Crippen LogP contribution >= 0.6 is 34.8 Å². The van der Waals surface area contributed by atoms with Gasteiger partial charge in [-0.25, -0.2) is 9.18 Å². The zero-order valence-corrected chi connectivity index (χ0v) is 16.4. The topological polar surface area (TPSA) is 37.3 Å². The van der Waals surface area contributed by atoms with E-state index < -0.39 is 52.3 Å². The van der Waals surface area contributed by atoms with Crippen LogP contribution in [0.2, 0.25) is 15.1 Å². The lowest BCUT2D eigenvalue weighted by atomic mass is 9.95. The van der Waals surface area contributed by atoms with Gasteiger partial charge < -0.3 is 5.11 Å². The number of benzene rings is 2. The summed E-state index contributed by atoms with van der Waals surface area (Å²) in [7, 11) is 0. The number of carbonyl (C=O) groups is 1. The summed E-state index contributed by atoms with van der Waals surface area (Å²) in [6, 6.07) is 2.79.